The zero-order valence-corrected chi connectivity index (χ0v) is 15.7. The molecule has 0 bridgehead atoms. The number of para-hydroxylation sites is 1. The molecule has 0 aromatic heterocycles. The molecule has 1 N–H and O–H groups in total. The van der Waals surface area contributed by atoms with E-state index in [1.165, 1.54) is 23.9 Å². The maximum absolute atomic E-state index is 13.8. The Morgan fingerprint density at radius 2 is 1.92 bits per heavy atom. The van der Waals surface area contributed by atoms with Crippen LogP contribution >= 0.6 is 23.4 Å². The minimum Gasteiger partial charge on any atom is -0.322 e. The summed E-state index contributed by atoms with van der Waals surface area (Å²) in [7, 11) is 0. The van der Waals surface area contributed by atoms with Gasteiger partial charge in [-0.3, -0.25) is 9.59 Å². The molecule has 0 radical (unpaired) electrons. The van der Waals surface area contributed by atoms with E-state index in [0.717, 1.165) is 0 Å². The number of benzene rings is 2. The summed E-state index contributed by atoms with van der Waals surface area (Å²) in [4.78, 5) is 27.3. The summed E-state index contributed by atoms with van der Waals surface area (Å²) in [6, 6.07) is 12.1. The van der Waals surface area contributed by atoms with Crippen LogP contribution in [0.3, 0.4) is 0 Å². The normalized spacial score (nSPS) is 19.4. The number of carbonyl (C=O) groups excluding carboxylic acids is 2. The number of nitrogens with zero attached hydrogens (tertiary/aromatic N) is 1. The molecule has 136 valence electrons. The molecule has 1 aliphatic rings. The first-order valence-corrected chi connectivity index (χ1v) is 9.69. The highest BCUT2D eigenvalue weighted by molar-refractivity contribution is 8.00. The quantitative estimate of drug-likeness (QED) is 0.838. The smallest absolute Gasteiger partial charge is 0.256 e. The van der Waals surface area contributed by atoms with E-state index in [4.69, 9.17) is 11.6 Å². The number of nitrogens with one attached hydrogen (secondary N) is 1. The van der Waals surface area contributed by atoms with Crippen LogP contribution in [0.5, 0.6) is 0 Å². The Morgan fingerprint density at radius 1 is 1.23 bits per heavy atom. The van der Waals surface area contributed by atoms with Gasteiger partial charge in [-0.15, -0.1) is 11.8 Å². The molecule has 0 spiro atoms. The van der Waals surface area contributed by atoms with Gasteiger partial charge in [-0.2, -0.15) is 0 Å². The van der Waals surface area contributed by atoms with Gasteiger partial charge in [-0.05, 0) is 30.7 Å². The average Bonchev–Trinajstić information content (AvgIpc) is 3.07. The van der Waals surface area contributed by atoms with E-state index >= 15 is 0 Å². The van der Waals surface area contributed by atoms with Gasteiger partial charge in [-0.1, -0.05) is 42.8 Å². The fourth-order valence-corrected chi connectivity index (χ4v) is 4.48. The van der Waals surface area contributed by atoms with Crippen molar-refractivity contribution in [3.63, 3.8) is 0 Å². The van der Waals surface area contributed by atoms with Crippen molar-refractivity contribution in [2.75, 3.05) is 11.1 Å². The van der Waals surface area contributed by atoms with E-state index in [0.29, 0.717) is 22.8 Å². The second kappa shape index (κ2) is 8.10. The monoisotopic (exact) mass is 392 g/mol. The first-order valence-electron chi connectivity index (χ1n) is 8.27. The highest BCUT2D eigenvalue weighted by Gasteiger charge is 2.41. The molecule has 2 unspecified atom stereocenters. The summed E-state index contributed by atoms with van der Waals surface area (Å²) in [6.07, 6.45) is 0.699. The largest absolute Gasteiger partial charge is 0.322 e. The lowest BCUT2D eigenvalue weighted by Crippen LogP contribution is -2.47. The van der Waals surface area contributed by atoms with Crippen molar-refractivity contribution in [1.82, 2.24) is 4.90 Å². The Labute approximate surface area is 160 Å². The first-order chi connectivity index (χ1) is 12.5. The molecule has 2 amide bonds. The molecule has 4 nitrogen and oxygen atoms in total. The molecule has 26 heavy (non-hydrogen) atoms. The number of anilines is 1. The lowest BCUT2D eigenvalue weighted by atomic mass is 10.1. The Morgan fingerprint density at radius 3 is 2.62 bits per heavy atom. The fourth-order valence-electron chi connectivity index (χ4n) is 2.90. The van der Waals surface area contributed by atoms with Crippen LogP contribution in [0.15, 0.2) is 48.5 Å². The van der Waals surface area contributed by atoms with Crippen LogP contribution < -0.4 is 5.32 Å². The number of thioether (sulfide) groups is 1. The van der Waals surface area contributed by atoms with Gasteiger partial charge < -0.3 is 10.2 Å². The molecule has 7 heteroatoms. The van der Waals surface area contributed by atoms with E-state index < -0.39 is 17.8 Å². The topological polar surface area (TPSA) is 49.4 Å². The molecule has 2 aromatic carbocycles. The SMILES string of the molecule is CCC1SCC(C(=O)Nc2ccccc2F)N1C(=O)c1ccccc1Cl. The van der Waals surface area contributed by atoms with E-state index in [-0.39, 0.29) is 17.0 Å². The van der Waals surface area contributed by atoms with Crippen molar-refractivity contribution in [3.05, 3.63) is 64.9 Å². The molecule has 1 saturated heterocycles. The van der Waals surface area contributed by atoms with Crippen LogP contribution in [0.4, 0.5) is 10.1 Å². The predicted molar refractivity (Wildman–Crippen MR) is 103 cm³/mol. The van der Waals surface area contributed by atoms with Crippen molar-refractivity contribution in [3.8, 4) is 0 Å². The zero-order valence-electron chi connectivity index (χ0n) is 14.1. The van der Waals surface area contributed by atoms with Crippen molar-refractivity contribution in [1.29, 1.82) is 0 Å². The van der Waals surface area contributed by atoms with E-state index in [1.807, 2.05) is 6.92 Å². The van der Waals surface area contributed by atoms with Gasteiger partial charge in [-0.25, -0.2) is 4.39 Å². The number of carbonyl (C=O) groups is 2. The Hall–Kier alpha value is -2.05. The van der Waals surface area contributed by atoms with Gasteiger partial charge in [0.25, 0.3) is 5.91 Å². The Kier molecular flexibility index (Phi) is 5.84. The maximum atomic E-state index is 13.8. The third kappa shape index (κ3) is 3.71. The molecule has 1 fully saturated rings. The van der Waals surface area contributed by atoms with E-state index in [9.17, 15) is 14.0 Å². The summed E-state index contributed by atoms with van der Waals surface area (Å²) in [5.74, 6) is -0.753. The Balaban J connectivity index is 1.86. The van der Waals surface area contributed by atoms with Crippen LogP contribution in [0.1, 0.15) is 23.7 Å². The lowest BCUT2D eigenvalue weighted by Gasteiger charge is -2.28. The van der Waals surface area contributed by atoms with Crippen LogP contribution in [-0.2, 0) is 4.79 Å². The maximum Gasteiger partial charge on any atom is 0.256 e. The molecular weight excluding hydrogens is 375 g/mol. The van der Waals surface area contributed by atoms with Gasteiger partial charge in [0.2, 0.25) is 5.91 Å². The summed E-state index contributed by atoms with van der Waals surface area (Å²) >= 11 is 7.70. The van der Waals surface area contributed by atoms with Crippen LogP contribution in [-0.4, -0.2) is 33.9 Å². The number of hydrogen-bond acceptors (Lipinski definition) is 3. The van der Waals surface area contributed by atoms with Gasteiger partial charge in [0.1, 0.15) is 11.9 Å². The van der Waals surface area contributed by atoms with E-state index in [2.05, 4.69) is 5.32 Å². The minimum atomic E-state index is -0.687. The second-order valence-electron chi connectivity index (χ2n) is 5.87. The van der Waals surface area contributed by atoms with Crippen LogP contribution in [0.2, 0.25) is 5.02 Å². The molecule has 3 rings (SSSR count). The molecule has 2 aromatic rings. The standard InChI is InChI=1S/C19H18ClFN2O2S/c1-2-17-23(19(25)12-7-3-4-8-13(12)20)16(11-26-17)18(24)22-15-10-6-5-9-14(15)21/h3-10,16-17H,2,11H2,1H3,(H,22,24). The first kappa shape index (κ1) is 18.7. The highest BCUT2D eigenvalue weighted by Crippen LogP contribution is 2.34. The second-order valence-corrected chi connectivity index (χ2v) is 7.49. The van der Waals surface area contributed by atoms with Crippen LogP contribution in [0.25, 0.3) is 0 Å². The Bertz CT molecular complexity index is 833. The summed E-state index contributed by atoms with van der Waals surface area (Å²) in [5, 5.41) is 2.81. The summed E-state index contributed by atoms with van der Waals surface area (Å²) in [5.41, 5.74) is 0.464. The average molecular weight is 393 g/mol. The van der Waals surface area contributed by atoms with Crippen molar-refractivity contribution < 1.29 is 14.0 Å². The minimum absolute atomic E-state index is 0.104. The van der Waals surface area contributed by atoms with Crippen molar-refractivity contribution >= 4 is 40.9 Å². The van der Waals surface area contributed by atoms with Gasteiger partial charge in [0.05, 0.1) is 21.6 Å². The molecule has 1 heterocycles. The molecule has 0 aliphatic carbocycles. The molecule has 0 saturated carbocycles. The zero-order chi connectivity index (χ0) is 18.7. The molecular formula is C19H18ClFN2O2S. The highest BCUT2D eigenvalue weighted by atomic mass is 35.5. The number of halogens is 2. The summed E-state index contributed by atoms with van der Waals surface area (Å²) < 4.78 is 13.8. The lowest BCUT2D eigenvalue weighted by molar-refractivity contribution is -0.119. The van der Waals surface area contributed by atoms with Gasteiger partial charge >= 0.3 is 0 Å². The van der Waals surface area contributed by atoms with Gasteiger partial charge in [0.15, 0.2) is 0 Å². The fraction of sp³-hybridized carbons (Fsp3) is 0.263. The molecule has 1 aliphatic heterocycles. The third-order valence-electron chi connectivity index (χ3n) is 4.21. The third-order valence-corrected chi connectivity index (χ3v) is 6.00. The number of amides is 2. The van der Waals surface area contributed by atoms with Crippen LogP contribution in [0, 0.1) is 5.82 Å². The van der Waals surface area contributed by atoms with E-state index in [1.54, 1.807) is 41.3 Å². The van der Waals surface area contributed by atoms with Gasteiger partial charge in [0, 0.05) is 5.75 Å². The predicted octanol–water partition coefficient (Wildman–Crippen LogP) is 4.41. The van der Waals surface area contributed by atoms with Crippen molar-refractivity contribution in [2.24, 2.45) is 0 Å². The molecule has 2 atom stereocenters. The summed E-state index contributed by atoms with van der Waals surface area (Å²) in [6.45, 7) is 1.96. The number of hydrogen-bond donors (Lipinski definition) is 1. The van der Waals surface area contributed by atoms with Crippen molar-refractivity contribution in [2.45, 2.75) is 24.8 Å². The number of rotatable bonds is 4.